The van der Waals surface area contributed by atoms with Crippen LogP contribution in [0.25, 0.3) is 5.78 Å². The smallest absolute Gasteiger partial charge is 0.340 e. The van der Waals surface area contributed by atoms with Gasteiger partial charge in [0.15, 0.2) is 6.04 Å². The third kappa shape index (κ3) is 2.60. The summed E-state index contributed by atoms with van der Waals surface area (Å²) in [6, 6.07) is 3.96. The van der Waals surface area contributed by atoms with Crippen molar-refractivity contribution in [3.63, 3.8) is 0 Å². The van der Waals surface area contributed by atoms with Crippen LogP contribution in [0.4, 0.5) is 19.0 Å². The Bertz CT molecular complexity index is 935. The lowest BCUT2D eigenvalue weighted by Gasteiger charge is -2.32. The van der Waals surface area contributed by atoms with Crippen LogP contribution in [-0.2, 0) is 6.42 Å². The fraction of sp³-hybridized carbons (Fsp3) is 0.312. The Morgan fingerprint density at radius 1 is 1.20 bits per heavy atom. The molecule has 0 fully saturated rings. The maximum atomic E-state index is 13.9. The van der Waals surface area contributed by atoms with E-state index in [1.54, 1.807) is 6.92 Å². The molecule has 0 bridgehead atoms. The summed E-state index contributed by atoms with van der Waals surface area (Å²) in [6.45, 7) is 2.01. The highest BCUT2D eigenvalue weighted by Gasteiger charge is 2.47. The van der Waals surface area contributed by atoms with Gasteiger partial charge in [-0.05, 0) is 31.0 Å². The lowest BCUT2D eigenvalue weighted by atomic mass is 10.1. The number of hydrogen-bond acceptors (Lipinski definition) is 4. The maximum Gasteiger partial charge on any atom is 0.413 e. The van der Waals surface area contributed by atoms with Crippen LogP contribution in [-0.4, -0.2) is 32.3 Å². The Morgan fingerprint density at radius 3 is 2.60 bits per heavy atom. The predicted octanol–water partition coefficient (Wildman–Crippen LogP) is 3.75. The molecule has 0 amide bonds. The minimum absolute atomic E-state index is 0.132. The molecule has 1 aliphatic heterocycles. The van der Waals surface area contributed by atoms with Crippen LogP contribution in [0.1, 0.15) is 22.9 Å². The quantitative estimate of drug-likeness (QED) is 0.692. The van der Waals surface area contributed by atoms with Gasteiger partial charge in [-0.3, -0.25) is 0 Å². The van der Waals surface area contributed by atoms with Gasteiger partial charge in [-0.15, -0.1) is 0 Å². The number of aromatic nitrogens is 4. The lowest BCUT2D eigenvalue weighted by molar-refractivity contribution is -0.150. The second kappa shape index (κ2) is 5.59. The van der Waals surface area contributed by atoms with Crippen molar-refractivity contribution in [3.8, 4) is 0 Å². The number of halogens is 4. The summed E-state index contributed by atoms with van der Waals surface area (Å²) in [5.74, 6) is 0.692. The van der Waals surface area contributed by atoms with E-state index in [2.05, 4.69) is 15.1 Å². The molecule has 0 aliphatic carbocycles. The minimum atomic E-state index is -4.46. The Morgan fingerprint density at radius 2 is 1.92 bits per heavy atom. The lowest BCUT2D eigenvalue weighted by Crippen LogP contribution is -2.38. The molecule has 0 N–H and O–H groups in total. The largest absolute Gasteiger partial charge is 0.413 e. The van der Waals surface area contributed by atoms with Gasteiger partial charge in [-0.2, -0.15) is 27.8 Å². The van der Waals surface area contributed by atoms with Crippen molar-refractivity contribution in [2.45, 2.75) is 25.6 Å². The van der Waals surface area contributed by atoms with E-state index in [0.29, 0.717) is 28.7 Å². The molecule has 0 saturated heterocycles. The van der Waals surface area contributed by atoms with E-state index in [1.165, 1.54) is 40.0 Å². The van der Waals surface area contributed by atoms with Crippen LogP contribution in [0.15, 0.2) is 30.6 Å². The van der Waals surface area contributed by atoms with Crippen LogP contribution in [0.3, 0.4) is 0 Å². The molecule has 0 saturated carbocycles. The molecule has 1 aliphatic rings. The normalized spacial score (nSPS) is 15.6. The molecule has 5 nitrogen and oxygen atoms in total. The van der Waals surface area contributed by atoms with Gasteiger partial charge in [-0.1, -0.05) is 23.7 Å². The van der Waals surface area contributed by atoms with Crippen LogP contribution < -0.4 is 4.90 Å². The van der Waals surface area contributed by atoms with Gasteiger partial charge in [0.1, 0.15) is 12.1 Å². The van der Waals surface area contributed by atoms with Gasteiger partial charge in [-0.25, -0.2) is 4.98 Å². The van der Waals surface area contributed by atoms with Gasteiger partial charge in [0.2, 0.25) is 0 Å². The first kappa shape index (κ1) is 16.1. The monoisotopic (exact) mass is 367 g/mol. The van der Waals surface area contributed by atoms with Gasteiger partial charge >= 0.3 is 6.18 Å². The van der Waals surface area contributed by atoms with Gasteiger partial charge < -0.3 is 4.90 Å². The number of hydrogen-bond donors (Lipinski definition) is 0. The Kier molecular flexibility index (Phi) is 3.61. The molecule has 0 spiro atoms. The molecule has 9 heteroatoms. The standard InChI is InChI=1S/C16H13ClF3N5/c1-9-12-6-7-24(14(12)25-15(23-9)21-8-22-25)13(16(18,19)20)10-2-4-11(17)5-3-10/h2-5,8,13H,6-7H2,1H3/t13-/m1/s1. The van der Waals surface area contributed by atoms with Crippen molar-refractivity contribution in [3.05, 3.63) is 52.4 Å². The van der Waals surface area contributed by atoms with E-state index >= 15 is 0 Å². The van der Waals surface area contributed by atoms with Crippen molar-refractivity contribution in [2.75, 3.05) is 11.4 Å². The summed E-state index contributed by atoms with van der Waals surface area (Å²) in [4.78, 5) is 9.65. The van der Waals surface area contributed by atoms with Crippen molar-refractivity contribution < 1.29 is 13.2 Å². The highest BCUT2D eigenvalue weighted by molar-refractivity contribution is 6.30. The van der Waals surface area contributed by atoms with E-state index in [9.17, 15) is 13.2 Å². The number of anilines is 1. The molecule has 4 rings (SSSR count). The summed E-state index contributed by atoms with van der Waals surface area (Å²) in [5.41, 5.74) is 1.57. The Balaban J connectivity index is 1.90. The van der Waals surface area contributed by atoms with E-state index < -0.39 is 12.2 Å². The van der Waals surface area contributed by atoms with Gasteiger partial charge in [0, 0.05) is 22.8 Å². The first-order valence-corrected chi connectivity index (χ1v) is 8.02. The zero-order chi connectivity index (χ0) is 17.8. The average molecular weight is 368 g/mol. The molecule has 1 atom stereocenters. The molecule has 2 aromatic heterocycles. The van der Waals surface area contributed by atoms with E-state index in [1.807, 2.05) is 0 Å². The summed E-state index contributed by atoms with van der Waals surface area (Å²) in [6.07, 6.45) is -2.69. The first-order valence-electron chi connectivity index (χ1n) is 7.64. The second-order valence-electron chi connectivity index (χ2n) is 5.91. The third-order valence-corrected chi connectivity index (χ3v) is 4.64. The van der Waals surface area contributed by atoms with E-state index in [4.69, 9.17) is 11.6 Å². The summed E-state index contributed by atoms with van der Waals surface area (Å²) >= 11 is 5.83. The SMILES string of the molecule is Cc1nc2ncnn2c2c1CCN2[C@H](c1ccc(Cl)cc1)C(F)(F)F. The predicted molar refractivity (Wildman–Crippen MR) is 86.8 cm³/mol. The van der Waals surface area contributed by atoms with Crippen molar-refractivity contribution in [1.82, 2.24) is 19.6 Å². The highest BCUT2D eigenvalue weighted by Crippen LogP contribution is 2.44. The molecule has 25 heavy (non-hydrogen) atoms. The number of aryl methyl sites for hydroxylation is 1. The molecule has 0 unspecified atom stereocenters. The molecule has 130 valence electrons. The average Bonchev–Trinajstić information content (AvgIpc) is 3.15. The number of nitrogens with zero attached hydrogens (tertiary/aromatic N) is 5. The fourth-order valence-corrected chi connectivity index (χ4v) is 3.46. The highest BCUT2D eigenvalue weighted by atomic mass is 35.5. The van der Waals surface area contributed by atoms with Crippen LogP contribution in [0.5, 0.6) is 0 Å². The first-order chi connectivity index (χ1) is 11.9. The van der Waals surface area contributed by atoms with Crippen LogP contribution in [0.2, 0.25) is 5.02 Å². The van der Waals surface area contributed by atoms with Crippen LogP contribution >= 0.6 is 11.6 Å². The maximum absolute atomic E-state index is 13.9. The Labute approximate surface area is 146 Å². The number of benzene rings is 1. The van der Waals surface area contributed by atoms with E-state index in [-0.39, 0.29) is 12.1 Å². The van der Waals surface area contributed by atoms with E-state index in [0.717, 1.165) is 5.56 Å². The molecule has 3 heterocycles. The van der Waals surface area contributed by atoms with Crippen molar-refractivity contribution in [2.24, 2.45) is 0 Å². The Hall–Kier alpha value is -2.35. The topological polar surface area (TPSA) is 46.3 Å². The van der Waals surface area contributed by atoms with Crippen molar-refractivity contribution in [1.29, 1.82) is 0 Å². The summed E-state index contributed by atoms with van der Waals surface area (Å²) < 4.78 is 43.2. The summed E-state index contributed by atoms with van der Waals surface area (Å²) in [5, 5.41) is 4.46. The van der Waals surface area contributed by atoms with Crippen LogP contribution in [0, 0.1) is 6.92 Å². The molecule has 0 radical (unpaired) electrons. The number of rotatable bonds is 2. The molecular formula is C16H13ClF3N5. The number of alkyl halides is 3. The second-order valence-corrected chi connectivity index (χ2v) is 6.35. The zero-order valence-electron chi connectivity index (χ0n) is 13.1. The number of fused-ring (bicyclic) bond motifs is 3. The summed E-state index contributed by atoms with van der Waals surface area (Å²) in [7, 11) is 0. The fourth-order valence-electron chi connectivity index (χ4n) is 3.34. The van der Waals surface area contributed by atoms with Gasteiger partial charge in [0.05, 0.1) is 0 Å². The molecular weight excluding hydrogens is 355 g/mol. The molecule has 3 aromatic rings. The third-order valence-electron chi connectivity index (χ3n) is 4.39. The van der Waals surface area contributed by atoms with Crippen molar-refractivity contribution >= 4 is 23.2 Å². The molecule has 1 aromatic carbocycles. The zero-order valence-corrected chi connectivity index (χ0v) is 13.9. The van der Waals surface area contributed by atoms with Gasteiger partial charge in [0.25, 0.3) is 5.78 Å². The minimum Gasteiger partial charge on any atom is -0.340 e.